The average Bonchev–Trinajstić information content (AvgIpc) is 1.87. The quantitative estimate of drug-likeness (QED) is 0.220. The molecule has 0 unspecified atom stereocenters. The second kappa shape index (κ2) is 5.24. The summed E-state index contributed by atoms with van der Waals surface area (Å²) in [7, 11) is 0. The van der Waals surface area contributed by atoms with E-state index in [1.165, 1.54) is 0 Å². The standard InChI is InChI=1S/C4H7N2O3.Al.2H/c7-3-5-1-2-6(9)4-8;;;/h4,9H,1-2H2,(H,5,7);;;. The van der Waals surface area contributed by atoms with E-state index in [0.29, 0.717) is 34.3 Å². The fourth-order valence-electron chi connectivity index (χ4n) is 0.399. The van der Waals surface area contributed by atoms with Crippen molar-refractivity contribution in [2.75, 3.05) is 13.1 Å². The average molecular weight is 160 g/mol. The number of carbonyl (C=O) groups excluding carboxylic acids is 2. The Hall–Kier alpha value is -0.568. The molecule has 0 atom stereocenters. The Morgan fingerprint density at radius 2 is 2.40 bits per heavy atom. The first-order chi connectivity index (χ1) is 4.66. The SMILES string of the molecule is O=CN(O)CCN[C](=O)[AlH2]. The molecule has 10 heavy (non-hydrogen) atoms. The lowest BCUT2D eigenvalue weighted by Crippen LogP contribution is -2.31. The van der Waals surface area contributed by atoms with Gasteiger partial charge in [-0.1, -0.05) is 0 Å². The lowest BCUT2D eigenvalue weighted by Gasteiger charge is -2.07. The van der Waals surface area contributed by atoms with E-state index < -0.39 is 0 Å². The number of carbonyl (C=O) groups is 2. The molecule has 0 bridgehead atoms. The van der Waals surface area contributed by atoms with Gasteiger partial charge in [0.1, 0.15) is 4.77 Å². The van der Waals surface area contributed by atoms with Crippen molar-refractivity contribution >= 4 is 27.5 Å². The number of hydrogen-bond donors (Lipinski definition) is 2. The van der Waals surface area contributed by atoms with Gasteiger partial charge in [-0.05, 0) is 0 Å². The maximum Gasteiger partial charge on any atom is 0.354 e. The Labute approximate surface area is 66.4 Å². The van der Waals surface area contributed by atoms with Crippen LogP contribution in [0.2, 0.25) is 0 Å². The van der Waals surface area contributed by atoms with Crippen molar-refractivity contribution in [3.63, 3.8) is 0 Å². The van der Waals surface area contributed by atoms with Crippen LogP contribution in [-0.2, 0) is 4.79 Å². The van der Waals surface area contributed by atoms with E-state index in [9.17, 15) is 9.59 Å². The van der Waals surface area contributed by atoms with Gasteiger partial charge in [-0.15, -0.1) is 0 Å². The fraction of sp³-hybridized carbons (Fsp3) is 0.500. The van der Waals surface area contributed by atoms with Crippen LogP contribution in [0.3, 0.4) is 0 Å². The Kier molecular flexibility index (Phi) is 4.94. The molecule has 0 saturated carbocycles. The molecule has 56 valence electrons. The van der Waals surface area contributed by atoms with Crippen LogP contribution < -0.4 is 5.32 Å². The van der Waals surface area contributed by atoms with Gasteiger partial charge in [0.05, 0.1) is 6.54 Å². The third-order valence-corrected chi connectivity index (χ3v) is 1.19. The van der Waals surface area contributed by atoms with Crippen molar-refractivity contribution in [3.8, 4) is 0 Å². The Bertz CT molecular complexity index is 130. The van der Waals surface area contributed by atoms with E-state index in [2.05, 4.69) is 5.32 Å². The predicted octanol–water partition coefficient (Wildman–Crippen LogP) is -1.82. The minimum atomic E-state index is -0.0423. The Morgan fingerprint density at radius 3 is 2.80 bits per heavy atom. The van der Waals surface area contributed by atoms with Gasteiger partial charge >= 0.3 is 16.3 Å². The summed E-state index contributed by atoms with van der Waals surface area (Å²) in [5.41, 5.74) is 0. The van der Waals surface area contributed by atoms with E-state index >= 15 is 0 Å². The van der Waals surface area contributed by atoms with Crippen LogP contribution in [-0.4, -0.2) is 50.8 Å². The molecule has 0 aromatic heterocycles. The van der Waals surface area contributed by atoms with Crippen LogP contribution in [0.4, 0.5) is 4.79 Å². The van der Waals surface area contributed by atoms with Gasteiger partial charge < -0.3 is 5.32 Å². The first-order valence-corrected chi connectivity index (χ1v) is 3.82. The van der Waals surface area contributed by atoms with Crippen LogP contribution in [0.25, 0.3) is 0 Å². The number of nitrogens with zero attached hydrogens (tertiary/aromatic N) is 1. The van der Waals surface area contributed by atoms with Crippen molar-refractivity contribution in [1.82, 2.24) is 10.4 Å². The van der Waals surface area contributed by atoms with E-state index in [1.807, 2.05) is 0 Å². The molecule has 0 aliphatic heterocycles. The molecular formula is C4H9AlN2O3. The number of rotatable bonds is 4. The summed E-state index contributed by atoms with van der Waals surface area (Å²) in [6.07, 6.45) is 0.291. The number of hydrogen-bond acceptors (Lipinski definition) is 3. The van der Waals surface area contributed by atoms with Crippen molar-refractivity contribution in [2.45, 2.75) is 0 Å². The summed E-state index contributed by atoms with van der Waals surface area (Å²) in [5.74, 6) is 0. The lowest BCUT2D eigenvalue weighted by molar-refractivity contribution is -0.149. The minimum absolute atomic E-state index is 0.0423. The van der Waals surface area contributed by atoms with Gasteiger partial charge in [0, 0.05) is 6.54 Å². The normalized spacial score (nSPS) is 8.50. The molecule has 6 heteroatoms. The molecule has 0 aromatic rings. The van der Waals surface area contributed by atoms with Gasteiger partial charge in [-0.25, -0.2) is 5.06 Å². The molecule has 2 amide bonds. The monoisotopic (exact) mass is 160 g/mol. The zero-order valence-corrected chi connectivity index (χ0v) is 7.70. The zero-order valence-electron chi connectivity index (χ0n) is 5.70. The third kappa shape index (κ3) is 5.57. The highest BCUT2D eigenvalue weighted by atomic mass is 27.0. The molecule has 0 saturated heterocycles. The fourth-order valence-corrected chi connectivity index (χ4v) is 0.649. The maximum absolute atomic E-state index is 10.3. The highest BCUT2D eigenvalue weighted by Gasteiger charge is 1.94. The second-order valence-corrected chi connectivity index (χ2v) is 2.66. The first kappa shape index (κ1) is 9.43. The predicted molar refractivity (Wildman–Crippen MR) is 36.5 cm³/mol. The van der Waals surface area contributed by atoms with Crippen molar-refractivity contribution < 1.29 is 14.8 Å². The second-order valence-electron chi connectivity index (χ2n) is 1.75. The molecular weight excluding hydrogens is 151 g/mol. The lowest BCUT2D eigenvalue weighted by atomic mass is 10.6. The number of hydroxylamine groups is 2. The van der Waals surface area contributed by atoms with Crippen LogP contribution >= 0.6 is 0 Å². The highest BCUT2D eigenvalue weighted by molar-refractivity contribution is 6.57. The molecule has 0 heterocycles. The van der Waals surface area contributed by atoms with Crippen LogP contribution in [0, 0.1) is 0 Å². The zero-order chi connectivity index (χ0) is 7.98. The van der Waals surface area contributed by atoms with E-state index in [0.717, 1.165) is 0 Å². The summed E-state index contributed by atoms with van der Waals surface area (Å²) in [6, 6.07) is 0. The molecule has 2 N–H and O–H groups in total. The third-order valence-electron chi connectivity index (χ3n) is 0.837. The van der Waals surface area contributed by atoms with E-state index in [-0.39, 0.29) is 11.3 Å². The van der Waals surface area contributed by atoms with Crippen molar-refractivity contribution in [2.24, 2.45) is 0 Å². The molecule has 0 aromatic carbocycles. The summed E-state index contributed by atoms with van der Waals surface area (Å²) >= 11 is 0.442. The van der Waals surface area contributed by atoms with Gasteiger partial charge in [0.15, 0.2) is 0 Å². The summed E-state index contributed by atoms with van der Waals surface area (Å²) in [5, 5.41) is 11.5. The topological polar surface area (TPSA) is 69.6 Å². The molecule has 0 fully saturated rings. The maximum atomic E-state index is 10.3. The molecule has 0 radical (unpaired) electrons. The smallest absolute Gasteiger partial charge is 0.354 e. The number of nitrogens with one attached hydrogen (secondary N) is 1. The van der Waals surface area contributed by atoms with Crippen molar-refractivity contribution in [1.29, 1.82) is 0 Å². The summed E-state index contributed by atoms with van der Waals surface area (Å²) in [4.78, 5) is 20.0. The Morgan fingerprint density at radius 1 is 1.80 bits per heavy atom. The largest absolute Gasteiger partial charge is 0.371 e. The van der Waals surface area contributed by atoms with Crippen LogP contribution in [0.5, 0.6) is 0 Å². The van der Waals surface area contributed by atoms with E-state index in [1.54, 1.807) is 0 Å². The van der Waals surface area contributed by atoms with Gasteiger partial charge in [-0.3, -0.25) is 14.8 Å². The highest BCUT2D eigenvalue weighted by Crippen LogP contribution is 1.70. The van der Waals surface area contributed by atoms with Crippen LogP contribution in [0.1, 0.15) is 0 Å². The Balaban J connectivity index is 3.19. The summed E-state index contributed by atoms with van der Waals surface area (Å²) < 4.78 is -0.0423. The molecule has 0 aliphatic carbocycles. The van der Waals surface area contributed by atoms with Gasteiger partial charge in [0.25, 0.3) is 0 Å². The molecule has 0 spiro atoms. The number of amides is 2. The van der Waals surface area contributed by atoms with Crippen LogP contribution in [0.15, 0.2) is 0 Å². The van der Waals surface area contributed by atoms with Crippen molar-refractivity contribution in [3.05, 3.63) is 0 Å². The van der Waals surface area contributed by atoms with Gasteiger partial charge in [-0.2, -0.15) is 0 Å². The van der Waals surface area contributed by atoms with E-state index in [4.69, 9.17) is 5.21 Å². The summed E-state index contributed by atoms with van der Waals surface area (Å²) in [6.45, 7) is 0.440. The molecule has 0 rings (SSSR count). The molecule has 0 aliphatic rings. The first-order valence-electron chi connectivity index (χ1n) is 2.82. The van der Waals surface area contributed by atoms with Gasteiger partial charge in [0.2, 0.25) is 6.41 Å². The molecule has 5 nitrogen and oxygen atoms in total. The minimum Gasteiger partial charge on any atom is -0.371 e.